The highest BCUT2D eigenvalue weighted by molar-refractivity contribution is 5.61. The third-order valence-electron chi connectivity index (χ3n) is 4.90. The largest absolute Gasteiger partial charge is 0.475 e. The molecule has 0 spiro atoms. The Bertz CT molecular complexity index is 1260. The number of likely N-dealkylation sites (N-methyl/N-ethyl adjacent to an activating group) is 1. The third-order valence-corrected chi connectivity index (χ3v) is 4.90. The first-order valence-corrected chi connectivity index (χ1v) is 9.42. The van der Waals surface area contributed by atoms with Gasteiger partial charge in [0.2, 0.25) is 5.88 Å². The SMILES string of the molecule is CN(C)C(COc1cncc2nnc(-c3ccc(C#N)cc3)n12)c1ccc(F)c(F)c1. The minimum atomic E-state index is -0.907. The number of aromatic nitrogens is 4. The van der Waals surface area contributed by atoms with E-state index in [9.17, 15) is 8.78 Å². The van der Waals surface area contributed by atoms with Gasteiger partial charge in [0.05, 0.1) is 30.1 Å². The zero-order valence-electron chi connectivity index (χ0n) is 16.8. The standard InChI is InChI=1S/C22H18F2N6O/c1-29(2)19(16-7-8-17(23)18(24)9-16)13-31-21-12-26-11-20-27-28-22(30(20)21)15-5-3-14(10-25)4-6-15/h3-9,11-12,19H,13H2,1-2H3. The van der Waals surface area contributed by atoms with Crippen molar-refractivity contribution in [2.45, 2.75) is 6.04 Å². The molecule has 1 atom stereocenters. The van der Waals surface area contributed by atoms with Gasteiger partial charge in [0, 0.05) is 5.56 Å². The second kappa shape index (κ2) is 8.45. The Hall–Kier alpha value is -3.90. The molecule has 0 N–H and O–H groups in total. The minimum Gasteiger partial charge on any atom is -0.475 e. The van der Waals surface area contributed by atoms with Gasteiger partial charge in [0.15, 0.2) is 23.1 Å². The van der Waals surface area contributed by atoms with Gasteiger partial charge in [0.1, 0.15) is 6.61 Å². The van der Waals surface area contributed by atoms with Gasteiger partial charge >= 0.3 is 0 Å². The summed E-state index contributed by atoms with van der Waals surface area (Å²) in [5, 5.41) is 17.4. The summed E-state index contributed by atoms with van der Waals surface area (Å²) in [7, 11) is 3.66. The number of nitrogens with zero attached hydrogens (tertiary/aromatic N) is 6. The van der Waals surface area contributed by atoms with Gasteiger partial charge in [-0.25, -0.2) is 13.2 Å². The van der Waals surface area contributed by atoms with Crippen molar-refractivity contribution in [3.05, 3.63) is 77.6 Å². The fourth-order valence-corrected chi connectivity index (χ4v) is 3.23. The zero-order valence-corrected chi connectivity index (χ0v) is 16.8. The van der Waals surface area contributed by atoms with E-state index in [1.54, 1.807) is 41.1 Å². The molecule has 9 heteroatoms. The quantitative estimate of drug-likeness (QED) is 0.474. The average Bonchev–Trinajstić information content (AvgIpc) is 3.21. The fraction of sp³-hybridized carbons (Fsp3) is 0.182. The Morgan fingerprint density at radius 3 is 2.52 bits per heavy atom. The Morgan fingerprint density at radius 1 is 1.06 bits per heavy atom. The van der Waals surface area contributed by atoms with Crippen molar-refractivity contribution in [2.24, 2.45) is 0 Å². The summed E-state index contributed by atoms with van der Waals surface area (Å²) in [6, 6.07) is 12.5. The average molecular weight is 420 g/mol. The van der Waals surface area contributed by atoms with Gasteiger partial charge in [-0.15, -0.1) is 10.2 Å². The molecular formula is C22H18F2N6O. The molecule has 4 rings (SSSR count). The molecule has 2 aromatic heterocycles. The summed E-state index contributed by atoms with van der Waals surface area (Å²) in [6.45, 7) is 0.157. The molecule has 2 aromatic carbocycles. The van der Waals surface area contributed by atoms with Crippen molar-refractivity contribution < 1.29 is 13.5 Å². The van der Waals surface area contributed by atoms with Crippen LogP contribution in [0.15, 0.2) is 54.9 Å². The molecule has 4 aromatic rings. The number of hydrogen-bond donors (Lipinski definition) is 0. The molecule has 0 fully saturated rings. The summed E-state index contributed by atoms with van der Waals surface area (Å²) >= 11 is 0. The predicted molar refractivity (Wildman–Crippen MR) is 109 cm³/mol. The van der Waals surface area contributed by atoms with Crippen LogP contribution in [0.25, 0.3) is 17.0 Å². The van der Waals surface area contributed by atoms with Crippen LogP contribution >= 0.6 is 0 Å². The van der Waals surface area contributed by atoms with Crippen LogP contribution in [0.2, 0.25) is 0 Å². The second-order valence-corrected chi connectivity index (χ2v) is 7.12. The van der Waals surface area contributed by atoms with Gasteiger partial charge in [-0.2, -0.15) is 5.26 Å². The smallest absolute Gasteiger partial charge is 0.220 e. The van der Waals surface area contributed by atoms with Gasteiger partial charge < -0.3 is 4.74 Å². The maximum atomic E-state index is 13.7. The van der Waals surface area contributed by atoms with E-state index in [0.717, 1.165) is 11.6 Å². The number of benzene rings is 2. The van der Waals surface area contributed by atoms with Crippen LogP contribution in [0.5, 0.6) is 5.88 Å². The van der Waals surface area contributed by atoms with E-state index in [-0.39, 0.29) is 12.6 Å². The third kappa shape index (κ3) is 4.06. The molecule has 7 nitrogen and oxygen atoms in total. The summed E-state index contributed by atoms with van der Waals surface area (Å²) in [6.07, 6.45) is 3.10. The Kier molecular flexibility index (Phi) is 5.56. The van der Waals surface area contributed by atoms with Gasteiger partial charge in [-0.05, 0) is 56.1 Å². The Morgan fingerprint density at radius 2 is 1.84 bits per heavy atom. The normalized spacial score (nSPS) is 12.1. The summed E-state index contributed by atoms with van der Waals surface area (Å²) in [5.41, 5.74) is 2.37. The van der Waals surface area contributed by atoms with Crippen molar-refractivity contribution >= 4 is 5.65 Å². The van der Waals surface area contributed by atoms with E-state index in [2.05, 4.69) is 21.3 Å². The number of ether oxygens (including phenoxy) is 1. The predicted octanol–water partition coefficient (Wildman–Crippen LogP) is 3.62. The lowest BCUT2D eigenvalue weighted by Crippen LogP contribution is -2.26. The van der Waals surface area contributed by atoms with Crippen LogP contribution in [0.4, 0.5) is 8.78 Å². The van der Waals surface area contributed by atoms with E-state index >= 15 is 0 Å². The summed E-state index contributed by atoms with van der Waals surface area (Å²) < 4.78 is 34.8. The molecule has 0 bridgehead atoms. The zero-order chi connectivity index (χ0) is 22.0. The number of hydrogen-bond acceptors (Lipinski definition) is 6. The molecule has 1 unspecified atom stereocenters. The second-order valence-electron chi connectivity index (χ2n) is 7.12. The van der Waals surface area contributed by atoms with Crippen molar-refractivity contribution in [3.8, 4) is 23.3 Å². The van der Waals surface area contributed by atoms with E-state index in [1.807, 2.05) is 19.0 Å². The fourth-order valence-electron chi connectivity index (χ4n) is 3.23. The first kappa shape index (κ1) is 20.4. The number of nitriles is 1. The maximum Gasteiger partial charge on any atom is 0.220 e. The molecule has 0 radical (unpaired) electrons. The molecule has 31 heavy (non-hydrogen) atoms. The van der Waals surface area contributed by atoms with Crippen LogP contribution in [0.1, 0.15) is 17.2 Å². The van der Waals surface area contributed by atoms with Crippen molar-refractivity contribution in [2.75, 3.05) is 20.7 Å². The Labute approximate surface area is 177 Å². The monoisotopic (exact) mass is 420 g/mol. The molecule has 2 heterocycles. The molecule has 0 aliphatic carbocycles. The maximum absolute atomic E-state index is 13.7. The lowest BCUT2D eigenvalue weighted by atomic mass is 10.1. The van der Waals surface area contributed by atoms with Crippen molar-refractivity contribution in [3.63, 3.8) is 0 Å². The van der Waals surface area contributed by atoms with E-state index in [1.165, 1.54) is 12.1 Å². The summed E-state index contributed by atoms with van der Waals surface area (Å²) in [4.78, 5) is 6.01. The number of halogens is 2. The van der Waals surface area contributed by atoms with Crippen LogP contribution in [-0.4, -0.2) is 45.2 Å². The van der Waals surface area contributed by atoms with Crippen molar-refractivity contribution in [1.82, 2.24) is 24.5 Å². The highest BCUT2D eigenvalue weighted by Gasteiger charge is 2.19. The van der Waals surface area contributed by atoms with E-state index in [0.29, 0.717) is 28.5 Å². The molecule has 0 aliphatic rings. The molecule has 0 amide bonds. The van der Waals surface area contributed by atoms with E-state index in [4.69, 9.17) is 10.00 Å². The van der Waals surface area contributed by atoms with Crippen LogP contribution in [0.3, 0.4) is 0 Å². The highest BCUT2D eigenvalue weighted by Crippen LogP contribution is 2.26. The van der Waals surface area contributed by atoms with Gasteiger partial charge in [-0.1, -0.05) is 6.07 Å². The molecule has 156 valence electrons. The Balaban J connectivity index is 1.66. The van der Waals surface area contributed by atoms with Crippen LogP contribution in [-0.2, 0) is 0 Å². The molecular weight excluding hydrogens is 402 g/mol. The summed E-state index contributed by atoms with van der Waals surface area (Å²) in [5.74, 6) is -0.870. The highest BCUT2D eigenvalue weighted by atomic mass is 19.2. The van der Waals surface area contributed by atoms with Crippen LogP contribution in [0, 0.1) is 23.0 Å². The minimum absolute atomic E-state index is 0.157. The first-order chi connectivity index (χ1) is 15.0. The molecule has 0 saturated carbocycles. The molecule has 0 saturated heterocycles. The van der Waals surface area contributed by atoms with Gasteiger partial charge in [0.25, 0.3) is 0 Å². The van der Waals surface area contributed by atoms with Gasteiger partial charge in [-0.3, -0.25) is 9.88 Å². The van der Waals surface area contributed by atoms with E-state index < -0.39 is 11.6 Å². The first-order valence-electron chi connectivity index (χ1n) is 9.42. The topological polar surface area (TPSA) is 79.3 Å². The lowest BCUT2D eigenvalue weighted by Gasteiger charge is -2.25. The lowest BCUT2D eigenvalue weighted by molar-refractivity contribution is 0.180. The van der Waals surface area contributed by atoms with Crippen LogP contribution < -0.4 is 4.74 Å². The number of fused-ring (bicyclic) bond motifs is 1. The molecule has 0 aliphatic heterocycles. The number of rotatable bonds is 6. The van der Waals surface area contributed by atoms with Crippen molar-refractivity contribution in [1.29, 1.82) is 5.26 Å².